The van der Waals surface area contributed by atoms with Crippen molar-refractivity contribution in [1.29, 1.82) is 0 Å². The van der Waals surface area contributed by atoms with E-state index in [0.717, 1.165) is 11.1 Å². The smallest absolute Gasteiger partial charge is 0.166 e. The van der Waals surface area contributed by atoms with Crippen molar-refractivity contribution in [3.05, 3.63) is 57.9 Å². The van der Waals surface area contributed by atoms with Crippen LogP contribution < -0.4 is 5.32 Å². The molecule has 0 spiro atoms. The van der Waals surface area contributed by atoms with Crippen LogP contribution in [-0.2, 0) is 17.9 Å². The summed E-state index contributed by atoms with van der Waals surface area (Å²) in [7, 11) is 1.66. The molecule has 19 heavy (non-hydrogen) atoms. The fraction of sp³-hybridized carbons (Fsp3) is 0.214. The fourth-order valence-corrected chi connectivity index (χ4v) is 2.03. The van der Waals surface area contributed by atoms with E-state index in [1.807, 2.05) is 24.3 Å². The van der Waals surface area contributed by atoms with E-state index in [1.165, 1.54) is 6.07 Å². The van der Waals surface area contributed by atoms with Crippen LogP contribution in [-0.4, -0.2) is 12.1 Å². The van der Waals surface area contributed by atoms with Crippen LogP contribution in [0.1, 0.15) is 11.1 Å². The zero-order valence-electron chi connectivity index (χ0n) is 10.5. The average molecular weight is 325 g/mol. The normalized spacial score (nSPS) is 10.5. The second-order valence-electron chi connectivity index (χ2n) is 4.09. The van der Waals surface area contributed by atoms with Gasteiger partial charge >= 0.3 is 0 Å². The minimum absolute atomic E-state index is 0.250. The molecule has 0 aliphatic carbocycles. The van der Waals surface area contributed by atoms with E-state index in [4.69, 9.17) is 4.74 Å². The summed E-state index contributed by atoms with van der Waals surface area (Å²) in [5, 5.41) is 2.98. The number of nitrogens with zero attached hydrogens (tertiary/aromatic N) is 1. The molecule has 2 aromatic rings. The van der Waals surface area contributed by atoms with Crippen molar-refractivity contribution < 1.29 is 9.13 Å². The Bertz CT molecular complexity index is 563. The van der Waals surface area contributed by atoms with Crippen LogP contribution in [0.4, 0.5) is 10.2 Å². The molecule has 100 valence electrons. The van der Waals surface area contributed by atoms with Gasteiger partial charge in [0.2, 0.25) is 0 Å². The highest BCUT2D eigenvalue weighted by molar-refractivity contribution is 9.10. The molecule has 0 atom stereocenters. The van der Waals surface area contributed by atoms with Gasteiger partial charge in [0.05, 0.1) is 6.61 Å². The van der Waals surface area contributed by atoms with E-state index in [2.05, 4.69) is 26.2 Å². The molecular formula is C14H14BrFN2O. The van der Waals surface area contributed by atoms with E-state index in [-0.39, 0.29) is 11.6 Å². The summed E-state index contributed by atoms with van der Waals surface area (Å²) in [6.07, 6.45) is 1.56. The lowest BCUT2D eigenvalue weighted by Crippen LogP contribution is -2.04. The molecular weight excluding hydrogens is 311 g/mol. The molecule has 1 aromatic carbocycles. The minimum atomic E-state index is -0.373. The van der Waals surface area contributed by atoms with Crippen molar-refractivity contribution in [2.45, 2.75) is 13.2 Å². The first-order valence-corrected chi connectivity index (χ1v) is 6.60. The maximum atomic E-state index is 13.6. The Morgan fingerprint density at radius 1 is 1.32 bits per heavy atom. The Kier molecular flexibility index (Phi) is 4.87. The summed E-state index contributed by atoms with van der Waals surface area (Å²) in [5.74, 6) is -0.122. The third-order valence-electron chi connectivity index (χ3n) is 2.57. The molecule has 1 N–H and O–H groups in total. The quantitative estimate of drug-likeness (QED) is 0.909. The second kappa shape index (κ2) is 6.63. The summed E-state index contributed by atoms with van der Waals surface area (Å²) >= 11 is 3.17. The van der Waals surface area contributed by atoms with E-state index < -0.39 is 0 Å². The van der Waals surface area contributed by atoms with Gasteiger partial charge in [-0.05, 0) is 33.1 Å². The van der Waals surface area contributed by atoms with Crippen molar-refractivity contribution in [3.63, 3.8) is 0 Å². The van der Waals surface area contributed by atoms with Gasteiger partial charge in [0.15, 0.2) is 11.6 Å². The van der Waals surface area contributed by atoms with Gasteiger partial charge in [-0.15, -0.1) is 0 Å². The maximum absolute atomic E-state index is 13.6. The van der Waals surface area contributed by atoms with Gasteiger partial charge in [0.1, 0.15) is 0 Å². The topological polar surface area (TPSA) is 34.1 Å². The zero-order chi connectivity index (χ0) is 13.7. The van der Waals surface area contributed by atoms with Crippen LogP contribution in [0, 0.1) is 5.82 Å². The number of rotatable bonds is 5. The van der Waals surface area contributed by atoms with E-state index in [0.29, 0.717) is 17.6 Å². The molecule has 0 aliphatic rings. The molecule has 1 aromatic heterocycles. The molecule has 0 aliphatic heterocycles. The molecule has 1 heterocycles. The van der Waals surface area contributed by atoms with Crippen molar-refractivity contribution in [2.75, 3.05) is 12.4 Å². The van der Waals surface area contributed by atoms with Gasteiger partial charge in [-0.3, -0.25) is 0 Å². The predicted octanol–water partition coefficient (Wildman–Crippen LogP) is 3.74. The molecule has 5 heteroatoms. The lowest BCUT2D eigenvalue weighted by Gasteiger charge is -2.08. The van der Waals surface area contributed by atoms with Gasteiger partial charge in [-0.2, -0.15) is 0 Å². The minimum Gasteiger partial charge on any atom is -0.380 e. The summed E-state index contributed by atoms with van der Waals surface area (Å²) in [6.45, 7) is 1.09. The number of hydrogen-bond acceptors (Lipinski definition) is 3. The monoisotopic (exact) mass is 324 g/mol. The highest BCUT2D eigenvalue weighted by Gasteiger charge is 2.04. The van der Waals surface area contributed by atoms with E-state index >= 15 is 0 Å². The molecule has 0 radical (unpaired) electrons. The SMILES string of the molecule is COCc1cccc(CNc2ncc(Br)cc2F)c1. The van der Waals surface area contributed by atoms with Gasteiger partial charge in [-0.25, -0.2) is 9.37 Å². The van der Waals surface area contributed by atoms with Gasteiger partial charge in [-0.1, -0.05) is 24.3 Å². The van der Waals surface area contributed by atoms with Crippen LogP contribution in [0.15, 0.2) is 41.0 Å². The molecule has 0 unspecified atom stereocenters. The lowest BCUT2D eigenvalue weighted by molar-refractivity contribution is 0.185. The third-order valence-corrected chi connectivity index (χ3v) is 3.00. The zero-order valence-corrected chi connectivity index (χ0v) is 12.1. The number of hydrogen-bond donors (Lipinski definition) is 1. The average Bonchev–Trinajstić information content (AvgIpc) is 2.38. The van der Waals surface area contributed by atoms with Crippen molar-refractivity contribution >= 4 is 21.7 Å². The summed E-state index contributed by atoms with van der Waals surface area (Å²) in [4.78, 5) is 3.99. The van der Waals surface area contributed by atoms with Gasteiger partial charge in [0, 0.05) is 24.3 Å². The largest absolute Gasteiger partial charge is 0.380 e. The first kappa shape index (κ1) is 14.0. The van der Waals surface area contributed by atoms with Crippen LogP contribution in [0.5, 0.6) is 0 Å². The first-order chi connectivity index (χ1) is 9.19. The Labute approximate surface area is 119 Å². The van der Waals surface area contributed by atoms with Crippen molar-refractivity contribution in [3.8, 4) is 0 Å². The number of anilines is 1. The molecule has 0 bridgehead atoms. The lowest BCUT2D eigenvalue weighted by atomic mass is 10.1. The Morgan fingerprint density at radius 3 is 2.84 bits per heavy atom. The molecule has 0 saturated carbocycles. The number of halogens is 2. The summed E-state index contributed by atoms with van der Waals surface area (Å²) < 4.78 is 19.3. The number of methoxy groups -OCH3 is 1. The summed E-state index contributed by atoms with van der Waals surface area (Å²) in [6, 6.07) is 9.33. The highest BCUT2D eigenvalue weighted by Crippen LogP contribution is 2.17. The van der Waals surface area contributed by atoms with Crippen LogP contribution in [0.2, 0.25) is 0 Å². The number of aromatic nitrogens is 1. The van der Waals surface area contributed by atoms with E-state index in [9.17, 15) is 4.39 Å². The molecule has 3 nitrogen and oxygen atoms in total. The first-order valence-electron chi connectivity index (χ1n) is 5.80. The molecule has 0 fully saturated rings. The summed E-state index contributed by atoms with van der Waals surface area (Å²) in [5.41, 5.74) is 2.14. The Morgan fingerprint density at radius 2 is 2.11 bits per heavy atom. The predicted molar refractivity (Wildman–Crippen MR) is 76.4 cm³/mol. The number of ether oxygens (including phenoxy) is 1. The van der Waals surface area contributed by atoms with E-state index in [1.54, 1.807) is 13.3 Å². The second-order valence-corrected chi connectivity index (χ2v) is 5.01. The molecule has 2 rings (SSSR count). The fourth-order valence-electron chi connectivity index (χ4n) is 1.73. The number of pyridine rings is 1. The van der Waals surface area contributed by atoms with Crippen LogP contribution >= 0.6 is 15.9 Å². The van der Waals surface area contributed by atoms with Crippen molar-refractivity contribution in [2.24, 2.45) is 0 Å². The third kappa shape index (κ3) is 4.01. The van der Waals surface area contributed by atoms with Crippen molar-refractivity contribution in [1.82, 2.24) is 4.98 Å². The molecule has 0 saturated heterocycles. The molecule has 0 amide bonds. The number of nitrogens with one attached hydrogen (secondary N) is 1. The van der Waals surface area contributed by atoms with Gasteiger partial charge in [0.25, 0.3) is 0 Å². The highest BCUT2D eigenvalue weighted by atomic mass is 79.9. The maximum Gasteiger partial charge on any atom is 0.166 e. The van der Waals surface area contributed by atoms with Gasteiger partial charge < -0.3 is 10.1 Å². The Balaban J connectivity index is 2.03. The van der Waals surface area contributed by atoms with Crippen LogP contribution in [0.25, 0.3) is 0 Å². The Hall–Kier alpha value is -1.46. The number of benzene rings is 1. The standard InChI is InChI=1S/C14H14BrFN2O/c1-19-9-11-4-2-3-10(5-11)7-17-14-13(16)6-12(15)8-18-14/h2-6,8H,7,9H2,1H3,(H,17,18). The van der Waals surface area contributed by atoms with Crippen LogP contribution in [0.3, 0.4) is 0 Å².